The third kappa shape index (κ3) is 2.76. The third-order valence-corrected chi connectivity index (χ3v) is 4.16. The van der Waals surface area contributed by atoms with E-state index in [4.69, 9.17) is 11.6 Å². The minimum Gasteiger partial charge on any atom is -0.378 e. The molecule has 0 radical (unpaired) electrons. The molecule has 0 unspecified atom stereocenters. The van der Waals surface area contributed by atoms with Crippen LogP contribution in [0.4, 0.5) is 15.8 Å². The molecule has 1 aromatic carbocycles. The van der Waals surface area contributed by atoms with E-state index in [9.17, 15) is 9.18 Å². The van der Waals surface area contributed by atoms with Gasteiger partial charge in [0, 0.05) is 17.5 Å². The predicted octanol–water partition coefficient (Wildman–Crippen LogP) is 3.43. The second-order valence-corrected chi connectivity index (χ2v) is 6.17. The standard InChI is InChI=1S/C13H11ClFN3OS/c14-13-17-6-9(20-13)5-16-10-4-8(15)3-7-1-2-11(19)18-12(7)10/h3-4,6,16H,1-2,5H2,(H,18,19). The lowest BCUT2D eigenvalue weighted by Crippen LogP contribution is -2.20. The molecule has 104 valence electrons. The van der Waals surface area contributed by atoms with E-state index >= 15 is 0 Å². The van der Waals surface area contributed by atoms with E-state index in [0.717, 1.165) is 10.4 Å². The monoisotopic (exact) mass is 311 g/mol. The number of aromatic nitrogens is 1. The quantitative estimate of drug-likeness (QED) is 0.913. The van der Waals surface area contributed by atoms with Crippen LogP contribution in [-0.2, 0) is 17.8 Å². The normalized spacial score (nSPS) is 13.8. The van der Waals surface area contributed by atoms with Gasteiger partial charge in [-0.3, -0.25) is 4.79 Å². The Morgan fingerprint density at radius 1 is 1.45 bits per heavy atom. The van der Waals surface area contributed by atoms with E-state index < -0.39 is 0 Å². The molecule has 0 spiro atoms. The molecule has 1 amide bonds. The molecule has 0 saturated carbocycles. The van der Waals surface area contributed by atoms with Crippen LogP contribution >= 0.6 is 22.9 Å². The van der Waals surface area contributed by atoms with Crippen molar-refractivity contribution in [3.63, 3.8) is 0 Å². The van der Waals surface area contributed by atoms with Crippen molar-refractivity contribution < 1.29 is 9.18 Å². The van der Waals surface area contributed by atoms with Gasteiger partial charge in [-0.15, -0.1) is 11.3 Å². The molecule has 2 N–H and O–H groups in total. The first-order valence-corrected chi connectivity index (χ1v) is 7.27. The maximum absolute atomic E-state index is 13.6. The fraction of sp³-hybridized carbons (Fsp3) is 0.231. The van der Waals surface area contributed by atoms with E-state index in [0.29, 0.717) is 35.2 Å². The zero-order valence-electron chi connectivity index (χ0n) is 10.4. The minimum absolute atomic E-state index is 0.0482. The topological polar surface area (TPSA) is 54.0 Å². The van der Waals surface area contributed by atoms with Gasteiger partial charge >= 0.3 is 0 Å². The third-order valence-electron chi connectivity index (χ3n) is 3.05. The molecule has 0 aliphatic carbocycles. The van der Waals surface area contributed by atoms with Crippen molar-refractivity contribution in [1.82, 2.24) is 4.98 Å². The summed E-state index contributed by atoms with van der Waals surface area (Å²) < 4.78 is 14.1. The van der Waals surface area contributed by atoms with Crippen LogP contribution in [0, 0.1) is 5.82 Å². The number of aryl methyl sites for hydroxylation is 1. The summed E-state index contributed by atoms with van der Waals surface area (Å²) in [5.41, 5.74) is 2.06. The van der Waals surface area contributed by atoms with Crippen molar-refractivity contribution >= 4 is 40.2 Å². The number of amides is 1. The average molecular weight is 312 g/mol. The van der Waals surface area contributed by atoms with Crippen LogP contribution in [-0.4, -0.2) is 10.9 Å². The second-order valence-electron chi connectivity index (χ2n) is 4.47. The lowest BCUT2D eigenvalue weighted by Gasteiger charge is -2.21. The zero-order chi connectivity index (χ0) is 14.1. The summed E-state index contributed by atoms with van der Waals surface area (Å²) in [4.78, 5) is 16.4. The number of rotatable bonds is 3. The molecule has 4 nitrogen and oxygen atoms in total. The smallest absolute Gasteiger partial charge is 0.224 e. The molecule has 0 saturated heterocycles. The number of carbonyl (C=O) groups is 1. The largest absolute Gasteiger partial charge is 0.378 e. The number of fused-ring (bicyclic) bond motifs is 1. The van der Waals surface area contributed by atoms with Crippen molar-refractivity contribution in [2.45, 2.75) is 19.4 Å². The first-order chi connectivity index (χ1) is 9.61. The number of nitrogens with one attached hydrogen (secondary N) is 2. The van der Waals surface area contributed by atoms with Gasteiger partial charge in [-0.2, -0.15) is 0 Å². The van der Waals surface area contributed by atoms with Crippen LogP contribution in [0.15, 0.2) is 18.3 Å². The highest BCUT2D eigenvalue weighted by atomic mass is 35.5. The van der Waals surface area contributed by atoms with Crippen LogP contribution in [0.25, 0.3) is 0 Å². The first kappa shape index (κ1) is 13.3. The molecule has 0 fully saturated rings. The van der Waals surface area contributed by atoms with Gasteiger partial charge < -0.3 is 10.6 Å². The summed E-state index contributed by atoms with van der Waals surface area (Å²) in [7, 11) is 0. The minimum atomic E-state index is -0.315. The molecule has 2 aromatic rings. The van der Waals surface area contributed by atoms with Gasteiger partial charge in [-0.25, -0.2) is 9.37 Å². The highest BCUT2D eigenvalue weighted by Crippen LogP contribution is 2.32. The summed E-state index contributed by atoms with van der Waals surface area (Å²) in [5.74, 6) is -0.363. The molecule has 1 aliphatic heterocycles. The van der Waals surface area contributed by atoms with E-state index in [1.54, 1.807) is 6.20 Å². The molecule has 7 heteroatoms. The summed E-state index contributed by atoms with van der Waals surface area (Å²) in [6.45, 7) is 0.482. The van der Waals surface area contributed by atoms with E-state index in [1.165, 1.54) is 23.5 Å². The van der Waals surface area contributed by atoms with Crippen LogP contribution in [0.2, 0.25) is 4.47 Å². The van der Waals surface area contributed by atoms with E-state index in [2.05, 4.69) is 15.6 Å². The van der Waals surface area contributed by atoms with Crippen molar-refractivity contribution in [2.75, 3.05) is 10.6 Å². The van der Waals surface area contributed by atoms with Crippen molar-refractivity contribution in [2.24, 2.45) is 0 Å². The summed E-state index contributed by atoms with van der Waals surface area (Å²) in [6, 6.07) is 2.84. The molecule has 1 aromatic heterocycles. The molecule has 0 bridgehead atoms. The molecular formula is C13H11ClFN3OS. The molecule has 3 rings (SSSR count). The molecule has 20 heavy (non-hydrogen) atoms. The van der Waals surface area contributed by atoms with Crippen molar-refractivity contribution in [3.8, 4) is 0 Å². The van der Waals surface area contributed by atoms with Gasteiger partial charge in [-0.05, 0) is 24.1 Å². The first-order valence-electron chi connectivity index (χ1n) is 6.08. The maximum Gasteiger partial charge on any atom is 0.224 e. The number of nitrogens with zero attached hydrogens (tertiary/aromatic N) is 1. The summed E-state index contributed by atoms with van der Waals surface area (Å²) in [6.07, 6.45) is 2.62. The number of hydrogen-bond acceptors (Lipinski definition) is 4. The Balaban J connectivity index is 1.85. The molecular weight excluding hydrogens is 301 g/mol. The number of carbonyl (C=O) groups excluding carboxylic acids is 1. The van der Waals surface area contributed by atoms with Crippen molar-refractivity contribution in [1.29, 1.82) is 0 Å². The Hall–Kier alpha value is -1.66. The highest BCUT2D eigenvalue weighted by molar-refractivity contribution is 7.15. The number of halogens is 2. The van der Waals surface area contributed by atoms with Crippen LogP contribution in [0.5, 0.6) is 0 Å². The Bertz CT molecular complexity index is 674. The second kappa shape index (κ2) is 5.38. The SMILES string of the molecule is O=C1CCc2cc(F)cc(NCc3cnc(Cl)s3)c2N1. The number of anilines is 2. The van der Waals surface area contributed by atoms with Crippen LogP contribution in [0.3, 0.4) is 0 Å². The number of benzene rings is 1. The number of hydrogen-bond donors (Lipinski definition) is 2. The van der Waals surface area contributed by atoms with Gasteiger partial charge in [0.25, 0.3) is 0 Å². The lowest BCUT2D eigenvalue weighted by atomic mass is 10.0. The fourth-order valence-corrected chi connectivity index (χ4v) is 3.06. The highest BCUT2D eigenvalue weighted by Gasteiger charge is 2.19. The van der Waals surface area contributed by atoms with Gasteiger partial charge in [-0.1, -0.05) is 11.6 Å². The van der Waals surface area contributed by atoms with E-state index in [1.807, 2.05) is 0 Å². The van der Waals surface area contributed by atoms with Crippen molar-refractivity contribution in [3.05, 3.63) is 39.1 Å². The molecule has 1 aliphatic rings. The number of thiazole rings is 1. The van der Waals surface area contributed by atoms with Gasteiger partial charge in [0.1, 0.15) is 5.82 Å². The predicted molar refractivity (Wildman–Crippen MR) is 77.8 cm³/mol. The summed E-state index contributed by atoms with van der Waals surface area (Å²) in [5, 5.41) is 5.91. The van der Waals surface area contributed by atoms with E-state index in [-0.39, 0.29) is 11.7 Å². The Morgan fingerprint density at radius 2 is 2.30 bits per heavy atom. The van der Waals surface area contributed by atoms with Gasteiger partial charge in [0.15, 0.2) is 4.47 Å². The molecule has 2 heterocycles. The Labute approximate surface area is 124 Å². The fourth-order valence-electron chi connectivity index (χ4n) is 2.15. The Kier molecular flexibility index (Phi) is 3.58. The maximum atomic E-state index is 13.6. The van der Waals surface area contributed by atoms with Gasteiger partial charge in [0.05, 0.1) is 17.9 Å². The zero-order valence-corrected chi connectivity index (χ0v) is 11.9. The van der Waals surface area contributed by atoms with Crippen LogP contribution < -0.4 is 10.6 Å². The van der Waals surface area contributed by atoms with Gasteiger partial charge in [0.2, 0.25) is 5.91 Å². The lowest BCUT2D eigenvalue weighted by molar-refractivity contribution is -0.116. The summed E-state index contributed by atoms with van der Waals surface area (Å²) >= 11 is 7.12. The molecule has 0 atom stereocenters. The van der Waals surface area contributed by atoms with Crippen LogP contribution in [0.1, 0.15) is 16.9 Å². The average Bonchev–Trinajstić information content (AvgIpc) is 2.82. The Morgan fingerprint density at radius 3 is 3.05 bits per heavy atom.